The maximum absolute atomic E-state index is 11.6. The zero-order valence-corrected chi connectivity index (χ0v) is 9.88. The zero-order chi connectivity index (χ0) is 12.2. The van der Waals surface area contributed by atoms with Crippen molar-refractivity contribution in [2.75, 3.05) is 0 Å². The SMILES string of the molecule is CCC(CC)(NC(=O)NC1CCC1)C(=O)O. The summed E-state index contributed by atoms with van der Waals surface area (Å²) in [6.45, 7) is 3.53. The number of carboxylic acids is 1. The molecule has 16 heavy (non-hydrogen) atoms. The molecule has 1 aliphatic rings. The van der Waals surface area contributed by atoms with Gasteiger partial charge >= 0.3 is 12.0 Å². The van der Waals surface area contributed by atoms with Crippen molar-refractivity contribution in [1.82, 2.24) is 10.6 Å². The summed E-state index contributed by atoms with van der Waals surface area (Å²) in [7, 11) is 0. The molecule has 0 aromatic rings. The molecule has 1 aliphatic carbocycles. The Morgan fingerprint density at radius 1 is 1.31 bits per heavy atom. The smallest absolute Gasteiger partial charge is 0.329 e. The normalized spacial score (nSPS) is 16.4. The first-order valence-corrected chi connectivity index (χ1v) is 5.86. The minimum Gasteiger partial charge on any atom is -0.480 e. The van der Waals surface area contributed by atoms with Gasteiger partial charge in [-0.15, -0.1) is 0 Å². The van der Waals surface area contributed by atoms with Gasteiger partial charge in [-0.25, -0.2) is 9.59 Å². The standard InChI is InChI=1S/C11H20N2O3/c1-3-11(4-2,9(14)15)13-10(16)12-8-6-5-7-8/h8H,3-7H2,1-2H3,(H,14,15)(H2,12,13,16). The number of aliphatic carboxylic acids is 1. The van der Waals surface area contributed by atoms with Crippen LogP contribution in [0.3, 0.4) is 0 Å². The second kappa shape index (κ2) is 5.18. The molecule has 0 bridgehead atoms. The van der Waals surface area contributed by atoms with Crippen LogP contribution < -0.4 is 10.6 Å². The maximum atomic E-state index is 11.6. The number of rotatable bonds is 5. The predicted molar refractivity (Wildman–Crippen MR) is 60.3 cm³/mol. The number of hydrogen-bond acceptors (Lipinski definition) is 2. The number of amides is 2. The summed E-state index contributed by atoms with van der Waals surface area (Å²) in [5, 5.41) is 14.5. The Balaban J connectivity index is 2.52. The van der Waals surface area contributed by atoms with Gasteiger partial charge in [0.1, 0.15) is 5.54 Å². The Kier molecular flexibility index (Phi) is 4.15. The van der Waals surface area contributed by atoms with E-state index < -0.39 is 11.5 Å². The molecule has 0 unspecified atom stereocenters. The minimum atomic E-state index is -1.13. The van der Waals surface area contributed by atoms with E-state index in [1.807, 2.05) is 0 Å². The van der Waals surface area contributed by atoms with E-state index in [-0.39, 0.29) is 12.1 Å². The minimum absolute atomic E-state index is 0.222. The van der Waals surface area contributed by atoms with Gasteiger partial charge in [-0.2, -0.15) is 0 Å². The van der Waals surface area contributed by atoms with Gasteiger partial charge in [-0.05, 0) is 32.1 Å². The van der Waals surface area contributed by atoms with E-state index in [1.165, 1.54) is 0 Å². The Hall–Kier alpha value is -1.26. The molecule has 1 saturated carbocycles. The molecule has 1 rings (SSSR count). The van der Waals surface area contributed by atoms with Gasteiger partial charge in [-0.1, -0.05) is 13.8 Å². The molecule has 0 heterocycles. The molecule has 0 saturated heterocycles. The average Bonchev–Trinajstić information content (AvgIpc) is 2.20. The highest BCUT2D eigenvalue weighted by Crippen LogP contribution is 2.19. The Morgan fingerprint density at radius 2 is 1.88 bits per heavy atom. The van der Waals surface area contributed by atoms with Crippen LogP contribution in [0.15, 0.2) is 0 Å². The van der Waals surface area contributed by atoms with Crippen molar-refractivity contribution in [2.24, 2.45) is 0 Å². The molecular formula is C11H20N2O3. The fourth-order valence-corrected chi connectivity index (χ4v) is 1.77. The zero-order valence-electron chi connectivity index (χ0n) is 9.88. The summed E-state index contributed by atoms with van der Waals surface area (Å²) in [6, 6.07) is -0.143. The molecule has 5 nitrogen and oxygen atoms in total. The van der Waals surface area contributed by atoms with Gasteiger partial charge in [0.15, 0.2) is 0 Å². The van der Waals surface area contributed by atoms with Crippen LogP contribution in [0.2, 0.25) is 0 Å². The predicted octanol–water partition coefficient (Wildman–Crippen LogP) is 1.48. The van der Waals surface area contributed by atoms with Crippen LogP contribution in [0, 0.1) is 0 Å². The van der Waals surface area contributed by atoms with Gasteiger partial charge < -0.3 is 15.7 Å². The summed E-state index contributed by atoms with van der Waals surface area (Å²) in [5.41, 5.74) is -1.13. The molecule has 0 aromatic carbocycles. The third kappa shape index (κ3) is 2.65. The molecule has 92 valence electrons. The molecular weight excluding hydrogens is 208 g/mol. The monoisotopic (exact) mass is 228 g/mol. The molecule has 1 fully saturated rings. The van der Waals surface area contributed by atoms with Crippen molar-refractivity contribution < 1.29 is 14.7 Å². The summed E-state index contributed by atoms with van der Waals surface area (Å²) in [4.78, 5) is 22.7. The highest BCUT2D eigenvalue weighted by molar-refractivity contribution is 5.86. The largest absolute Gasteiger partial charge is 0.480 e. The molecule has 5 heteroatoms. The van der Waals surface area contributed by atoms with E-state index >= 15 is 0 Å². The van der Waals surface area contributed by atoms with Crippen LogP contribution in [0.5, 0.6) is 0 Å². The van der Waals surface area contributed by atoms with E-state index in [0.29, 0.717) is 12.8 Å². The fourth-order valence-electron chi connectivity index (χ4n) is 1.77. The van der Waals surface area contributed by atoms with Crippen molar-refractivity contribution in [3.63, 3.8) is 0 Å². The lowest BCUT2D eigenvalue weighted by Crippen LogP contribution is -2.58. The van der Waals surface area contributed by atoms with E-state index in [1.54, 1.807) is 13.8 Å². The van der Waals surface area contributed by atoms with Crippen molar-refractivity contribution in [3.8, 4) is 0 Å². The Labute approximate surface area is 95.6 Å². The lowest BCUT2D eigenvalue weighted by Gasteiger charge is -2.31. The van der Waals surface area contributed by atoms with E-state index in [4.69, 9.17) is 5.11 Å². The molecule has 0 spiro atoms. The van der Waals surface area contributed by atoms with E-state index in [2.05, 4.69) is 10.6 Å². The second-order valence-corrected chi connectivity index (χ2v) is 4.32. The summed E-state index contributed by atoms with van der Waals surface area (Å²) >= 11 is 0. The highest BCUT2D eigenvalue weighted by atomic mass is 16.4. The summed E-state index contributed by atoms with van der Waals surface area (Å²) in [5.74, 6) is -0.971. The van der Waals surface area contributed by atoms with Crippen LogP contribution in [0.1, 0.15) is 46.0 Å². The number of urea groups is 1. The summed E-state index contributed by atoms with van der Waals surface area (Å²) in [6.07, 6.45) is 3.89. The van der Waals surface area contributed by atoms with Crippen LogP contribution >= 0.6 is 0 Å². The lowest BCUT2D eigenvalue weighted by atomic mass is 9.92. The average molecular weight is 228 g/mol. The van der Waals surface area contributed by atoms with Crippen LogP contribution in [-0.4, -0.2) is 28.7 Å². The number of carbonyl (C=O) groups is 2. The number of carbonyl (C=O) groups excluding carboxylic acids is 1. The first kappa shape index (κ1) is 12.8. The molecule has 0 aliphatic heterocycles. The van der Waals surface area contributed by atoms with Crippen molar-refractivity contribution in [2.45, 2.75) is 57.5 Å². The number of carboxylic acid groups (broad SMARTS) is 1. The fraction of sp³-hybridized carbons (Fsp3) is 0.818. The highest BCUT2D eigenvalue weighted by Gasteiger charge is 2.36. The molecule has 3 N–H and O–H groups in total. The lowest BCUT2D eigenvalue weighted by molar-refractivity contribution is -0.144. The van der Waals surface area contributed by atoms with Crippen molar-refractivity contribution in [3.05, 3.63) is 0 Å². The first-order chi connectivity index (χ1) is 7.54. The second-order valence-electron chi connectivity index (χ2n) is 4.32. The van der Waals surface area contributed by atoms with Crippen LogP contribution in [-0.2, 0) is 4.79 Å². The van der Waals surface area contributed by atoms with E-state index in [9.17, 15) is 9.59 Å². The topological polar surface area (TPSA) is 78.4 Å². The quantitative estimate of drug-likeness (QED) is 0.667. The van der Waals surface area contributed by atoms with Gasteiger partial charge in [0.05, 0.1) is 0 Å². The first-order valence-electron chi connectivity index (χ1n) is 5.86. The third-order valence-corrected chi connectivity index (χ3v) is 3.41. The maximum Gasteiger partial charge on any atom is 0.329 e. The molecule has 2 amide bonds. The molecule has 0 radical (unpaired) electrons. The number of nitrogens with one attached hydrogen (secondary N) is 2. The Morgan fingerprint density at radius 3 is 2.19 bits per heavy atom. The third-order valence-electron chi connectivity index (χ3n) is 3.41. The van der Waals surface area contributed by atoms with Crippen LogP contribution in [0.4, 0.5) is 4.79 Å². The van der Waals surface area contributed by atoms with Gasteiger partial charge in [0.25, 0.3) is 0 Å². The van der Waals surface area contributed by atoms with Gasteiger partial charge in [0, 0.05) is 6.04 Å². The van der Waals surface area contributed by atoms with E-state index in [0.717, 1.165) is 19.3 Å². The number of hydrogen-bond donors (Lipinski definition) is 3. The Bertz CT molecular complexity index is 270. The molecule has 0 atom stereocenters. The van der Waals surface area contributed by atoms with Crippen molar-refractivity contribution in [1.29, 1.82) is 0 Å². The van der Waals surface area contributed by atoms with Crippen molar-refractivity contribution >= 4 is 12.0 Å². The van der Waals surface area contributed by atoms with Gasteiger partial charge in [0.2, 0.25) is 0 Å². The van der Waals surface area contributed by atoms with Gasteiger partial charge in [-0.3, -0.25) is 0 Å². The van der Waals surface area contributed by atoms with Crippen LogP contribution in [0.25, 0.3) is 0 Å². The summed E-state index contributed by atoms with van der Waals surface area (Å²) < 4.78 is 0. The molecule has 0 aromatic heterocycles.